The third kappa shape index (κ3) is 4.13. The lowest BCUT2D eigenvalue weighted by Crippen LogP contribution is -2.53. The van der Waals surface area contributed by atoms with Gasteiger partial charge in [-0.1, -0.05) is 40.0 Å². The Balaban J connectivity index is 1.55. The Morgan fingerprint density at radius 2 is 1.61 bits per heavy atom. The molecule has 0 aliphatic heterocycles. The van der Waals surface area contributed by atoms with Crippen molar-refractivity contribution in [1.82, 2.24) is 0 Å². The fourth-order valence-electron chi connectivity index (χ4n) is 8.46. The minimum Gasteiger partial charge on any atom is -0.295 e. The number of carbonyl (C=O) groups is 1. The van der Waals surface area contributed by atoms with Crippen molar-refractivity contribution >= 4 is 5.78 Å². The Labute approximate surface area is 207 Å². The molecule has 4 aliphatic rings. The summed E-state index contributed by atoms with van der Waals surface area (Å²) in [5.41, 5.74) is -4.80. The van der Waals surface area contributed by atoms with Crippen LogP contribution in [0.4, 0.5) is 35.1 Å². The van der Waals surface area contributed by atoms with E-state index in [-0.39, 0.29) is 41.8 Å². The van der Waals surface area contributed by atoms with Crippen molar-refractivity contribution in [3.63, 3.8) is 0 Å². The van der Waals surface area contributed by atoms with E-state index < -0.39 is 48.4 Å². The van der Waals surface area contributed by atoms with Gasteiger partial charge in [-0.25, -0.2) is 8.78 Å². The number of fused-ring (bicyclic) bond motifs is 4. The van der Waals surface area contributed by atoms with Gasteiger partial charge in [-0.2, -0.15) is 26.3 Å². The summed E-state index contributed by atoms with van der Waals surface area (Å²) in [6, 6.07) is 0. The summed E-state index contributed by atoms with van der Waals surface area (Å²) in [5.74, 6) is -0.574. The first-order chi connectivity index (χ1) is 16.5. The van der Waals surface area contributed by atoms with Crippen molar-refractivity contribution in [2.45, 2.75) is 116 Å². The maximum absolute atomic E-state index is 15.7. The lowest BCUT2D eigenvalue weighted by Gasteiger charge is -2.56. The summed E-state index contributed by atoms with van der Waals surface area (Å²) in [4.78, 5) is 13.3. The maximum Gasteiger partial charge on any atom is 0.431 e. The van der Waals surface area contributed by atoms with Crippen LogP contribution in [0.1, 0.15) is 91.4 Å². The van der Waals surface area contributed by atoms with Gasteiger partial charge in [0.25, 0.3) is 5.67 Å². The molecule has 0 aromatic carbocycles. The molecular weight excluding hydrogens is 492 g/mol. The second-order valence-corrected chi connectivity index (χ2v) is 12.4. The van der Waals surface area contributed by atoms with Crippen LogP contribution >= 0.6 is 0 Å². The van der Waals surface area contributed by atoms with E-state index in [0.717, 1.165) is 32.1 Å². The number of hydrogen-bond acceptors (Lipinski definition) is 1. The molecule has 0 heterocycles. The molecular formula is C27H36F8O. The van der Waals surface area contributed by atoms with Crippen LogP contribution in [-0.4, -0.2) is 30.0 Å². The van der Waals surface area contributed by atoms with Crippen molar-refractivity contribution in [2.24, 2.45) is 34.5 Å². The van der Waals surface area contributed by atoms with Crippen LogP contribution in [0.2, 0.25) is 0 Å². The zero-order valence-corrected chi connectivity index (χ0v) is 21.1. The smallest absolute Gasteiger partial charge is 0.295 e. The molecule has 3 fully saturated rings. The molecule has 0 unspecified atom stereocenters. The molecule has 4 rings (SSSR count). The van der Waals surface area contributed by atoms with Crippen LogP contribution < -0.4 is 0 Å². The SMILES string of the molecule is C[C@H](CCCC(F)(C(F)(F)F)C(F)(F)F)[C@H]1CC(=O)C2=C3[C@H](F)C[C@H]4CCCC[C@]4(C)[C@H]3CC[C@@]21C. The van der Waals surface area contributed by atoms with Crippen molar-refractivity contribution in [2.75, 3.05) is 0 Å². The van der Waals surface area contributed by atoms with Gasteiger partial charge in [0.15, 0.2) is 5.78 Å². The molecule has 0 saturated heterocycles. The van der Waals surface area contributed by atoms with Gasteiger partial charge >= 0.3 is 12.4 Å². The van der Waals surface area contributed by atoms with Crippen LogP contribution in [0.3, 0.4) is 0 Å². The summed E-state index contributed by atoms with van der Waals surface area (Å²) < 4.78 is 107. The molecule has 7 atom stereocenters. The lowest BCUT2D eigenvalue weighted by atomic mass is 9.48. The first-order valence-electron chi connectivity index (χ1n) is 13.2. The number of carbonyl (C=O) groups excluding carboxylic acids is 1. The fraction of sp³-hybridized carbons (Fsp3) is 0.889. The second kappa shape index (κ2) is 8.96. The molecule has 4 aliphatic carbocycles. The van der Waals surface area contributed by atoms with Crippen molar-refractivity contribution < 1.29 is 39.9 Å². The molecule has 0 aromatic heterocycles. The highest BCUT2D eigenvalue weighted by molar-refractivity contribution is 6.00. The van der Waals surface area contributed by atoms with Crippen LogP contribution in [-0.2, 0) is 4.79 Å². The molecule has 0 aromatic rings. The second-order valence-electron chi connectivity index (χ2n) is 12.4. The van der Waals surface area contributed by atoms with Crippen molar-refractivity contribution in [1.29, 1.82) is 0 Å². The quantitative estimate of drug-likeness (QED) is 0.326. The normalized spacial score (nSPS) is 38.5. The van der Waals surface area contributed by atoms with E-state index in [1.165, 1.54) is 0 Å². The monoisotopic (exact) mass is 528 g/mol. The Bertz CT molecular complexity index is 890. The minimum atomic E-state index is -6.05. The molecule has 9 heteroatoms. The van der Waals surface area contributed by atoms with Gasteiger partial charge in [-0.05, 0) is 85.0 Å². The number of rotatable bonds is 5. The van der Waals surface area contributed by atoms with E-state index in [0.29, 0.717) is 24.0 Å². The predicted molar refractivity (Wildman–Crippen MR) is 120 cm³/mol. The minimum absolute atomic E-state index is 0.00152. The zero-order valence-electron chi connectivity index (χ0n) is 21.1. The van der Waals surface area contributed by atoms with E-state index in [1.807, 2.05) is 6.92 Å². The summed E-state index contributed by atoms with van der Waals surface area (Å²) in [7, 11) is 0. The van der Waals surface area contributed by atoms with E-state index in [9.17, 15) is 35.5 Å². The summed E-state index contributed by atoms with van der Waals surface area (Å²) in [5, 5.41) is 0. The van der Waals surface area contributed by atoms with Crippen molar-refractivity contribution in [3.8, 4) is 0 Å². The standard InChI is InChI=1S/C27H36F8O/c1-15(7-6-11-25(29,26(30,31)32)27(33,34)35)18-14-20(36)22-21-17(9-12-24(18,22)3)23(2)10-5-4-8-16(23)13-19(21)28/h15-19H,4-14H2,1-3H3/t15-,16-,17+,18-,19-,23+,24-/m1/s1. The number of halogens is 8. The summed E-state index contributed by atoms with van der Waals surface area (Å²) in [6.07, 6.45) is -9.63. The molecule has 0 spiro atoms. The van der Waals surface area contributed by atoms with E-state index in [2.05, 4.69) is 6.92 Å². The number of ketones is 1. The van der Waals surface area contributed by atoms with Crippen molar-refractivity contribution in [3.05, 3.63) is 11.1 Å². The summed E-state index contributed by atoms with van der Waals surface area (Å²) >= 11 is 0. The molecule has 206 valence electrons. The van der Waals surface area contributed by atoms with Gasteiger partial charge in [0.05, 0.1) is 0 Å². The third-order valence-electron chi connectivity index (χ3n) is 10.5. The van der Waals surface area contributed by atoms with Crippen LogP contribution in [0, 0.1) is 34.5 Å². The number of allylic oxidation sites excluding steroid dienone is 2. The van der Waals surface area contributed by atoms with Gasteiger partial charge in [0.1, 0.15) is 6.17 Å². The highest BCUT2D eigenvalue weighted by Gasteiger charge is 2.71. The first-order valence-corrected chi connectivity index (χ1v) is 13.2. The Kier molecular flexibility index (Phi) is 6.94. The van der Waals surface area contributed by atoms with Gasteiger partial charge < -0.3 is 0 Å². The zero-order chi connectivity index (χ0) is 26.9. The number of hydrogen-bond donors (Lipinski definition) is 0. The summed E-state index contributed by atoms with van der Waals surface area (Å²) in [6.45, 7) is 5.83. The third-order valence-corrected chi connectivity index (χ3v) is 10.5. The largest absolute Gasteiger partial charge is 0.431 e. The average molecular weight is 529 g/mol. The Morgan fingerprint density at radius 3 is 2.22 bits per heavy atom. The van der Waals surface area contributed by atoms with Crippen LogP contribution in [0.5, 0.6) is 0 Å². The van der Waals surface area contributed by atoms with Crippen LogP contribution in [0.25, 0.3) is 0 Å². The molecule has 0 amide bonds. The predicted octanol–water partition coefficient (Wildman–Crippen LogP) is 8.87. The molecule has 3 saturated carbocycles. The fourth-order valence-corrected chi connectivity index (χ4v) is 8.46. The molecule has 0 radical (unpaired) electrons. The van der Waals surface area contributed by atoms with Crippen LogP contribution in [0.15, 0.2) is 11.1 Å². The molecule has 36 heavy (non-hydrogen) atoms. The van der Waals surface area contributed by atoms with E-state index >= 15 is 4.39 Å². The van der Waals surface area contributed by atoms with E-state index in [1.54, 1.807) is 6.92 Å². The van der Waals surface area contributed by atoms with Gasteiger partial charge in [0.2, 0.25) is 0 Å². The van der Waals surface area contributed by atoms with Gasteiger partial charge in [-0.15, -0.1) is 0 Å². The number of alkyl halides is 8. The molecule has 0 N–H and O–H groups in total. The topological polar surface area (TPSA) is 17.1 Å². The van der Waals surface area contributed by atoms with Gasteiger partial charge in [-0.3, -0.25) is 4.79 Å². The Morgan fingerprint density at radius 1 is 0.972 bits per heavy atom. The highest BCUT2D eigenvalue weighted by Crippen LogP contribution is 2.65. The highest BCUT2D eigenvalue weighted by atomic mass is 19.4. The molecule has 0 bridgehead atoms. The lowest BCUT2D eigenvalue weighted by molar-refractivity contribution is -0.343. The first kappa shape index (κ1) is 27.9. The van der Waals surface area contributed by atoms with E-state index in [4.69, 9.17) is 0 Å². The average Bonchev–Trinajstić information content (AvgIpc) is 3.03. The maximum atomic E-state index is 15.7. The van der Waals surface area contributed by atoms with Gasteiger partial charge in [0, 0.05) is 12.0 Å². The number of Topliss-reactive ketones (excluding diaryl/α,β-unsaturated/α-hetero) is 1. The Hall–Kier alpha value is -1.15. The molecule has 1 nitrogen and oxygen atoms in total.